The molecule has 20 heavy (non-hydrogen) atoms. The van der Waals surface area contributed by atoms with Crippen molar-refractivity contribution in [1.29, 1.82) is 0 Å². The summed E-state index contributed by atoms with van der Waals surface area (Å²) in [6, 6.07) is 0. The Hall–Kier alpha value is -1.25. The smallest absolute Gasteiger partial charge is 0.127 e. The lowest BCUT2D eigenvalue weighted by molar-refractivity contribution is 0.511. The van der Waals surface area contributed by atoms with Crippen molar-refractivity contribution in [3.8, 4) is 0 Å². The molecular formula is C17H29N3. The van der Waals surface area contributed by atoms with E-state index in [9.17, 15) is 0 Å². The molecule has 1 heterocycles. The average Bonchev–Trinajstić information content (AvgIpc) is 2.57. The highest BCUT2D eigenvalue weighted by molar-refractivity contribution is 5.42. The summed E-state index contributed by atoms with van der Waals surface area (Å²) in [7, 11) is 0. The van der Waals surface area contributed by atoms with Crippen molar-refractivity contribution in [1.82, 2.24) is 9.55 Å². The minimum absolute atomic E-state index is 0.0140. The lowest BCUT2D eigenvalue weighted by Gasteiger charge is -2.19. The Kier molecular flexibility index (Phi) is 4.56. The molecule has 0 spiro atoms. The molecule has 0 aliphatic heterocycles. The monoisotopic (exact) mass is 275 g/mol. The summed E-state index contributed by atoms with van der Waals surface area (Å²) in [6.07, 6.45) is 9.71. The standard InChI is InChI=1S/C17H29N3/c1-5-12-20-15(18)14(19-16(20)17(2,3)4)13-10-8-6-7-9-11-13/h5,13H,1,6-12,18H2,2-4H3. The first-order chi connectivity index (χ1) is 9.45. The second-order valence-electron chi connectivity index (χ2n) is 7.04. The summed E-state index contributed by atoms with van der Waals surface area (Å²) in [4.78, 5) is 4.96. The Morgan fingerprint density at radius 3 is 2.35 bits per heavy atom. The van der Waals surface area contributed by atoms with Gasteiger partial charge in [-0.05, 0) is 12.8 Å². The molecule has 3 nitrogen and oxygen atoms in total. The van der Waals surface area contributed by atoms with Crippen molar-refractivity contribution in [3.05, 3.63) is 24.2 Å². The molecule has 2 rings (SSSR count). The number of hydrogen-bond acceptors (Lipinski definition) is 2. The van der Waals surface area contributed by atoms with E-state index in [1.165, 1.54) is 38.5 Å². The van der Waals surface area contributed by atoms with Gasteiger partial charge in [-0.3, -0.25) is 0 Å². The molecule has 1 aliphatic carbocycles. The minimum atomic E-state index is 0.0140. The van der Waals surface area contributed by atoms with Crippen LogP contribution in [0.4, 0.5) is 5.82 Å². The van der Waals surface area contributed by atoms with Crippen molar-refractivity contribution in [2.75, 3.05) is 5.73 Å². The first-order valence-corrected chi connectivity index (χ1v) is 7.92. The molecule has 1 fully saturated rings. The van der Waals surface area contributed by atoms with Gasteiger partial charge in [-0.25, -0.2) is 4.98 Å². The number of imidazole rings is 1. The number of nitrogen functional groups attached to an aromatic ring is 1. The third kappa shape index (κ3) is 3.08. The normalized spacial score (nSPS) is 17.9. The van der Waals surface area contributed by atoms with Crippen LogP contribution in [-0.4, -0.2) is 9.55 Å². The van der Waals surface area contributed by atoms with E-state index in [1.807, 2.05) is 6.08 Å². The van der Waals surface area contributed by atoms with Gasteiger partial charge in [0.25, 0.3) is 0 Å². The second-order valence-corrected chi connectivity index (χ2v) is 7.04. The van der Waals surface area contributed by atoms with Crippen LogP contribution in [0.15, 0.2) is 12.7 Å². The minimum Gasteiger partial charge on any atom is -0.384 e. The summed E-state index contributed by atoms with van der Waals surface area (Å²) < 4.78 is 2.15. The Balaban J connectivity index is 2.40. The topological polar surface area (TPSA) is 43.8 Å². The van der Waals surface area contributed by atoms with Crippen LogP contribution in [0.5, 0.6) is 0 Å². The highest BCUT2D eigenvalue weighted by Gasteiger charge is 2.28. The predicted molar refractivity (Wildman–Crippen MR) is 86.0 cm³/mol. The molecule has 0 atom stereocenters. The van der Waals surface area contributed by atoms with E-state index in [1.54, 1.807) is 0 Å². The second kappa shape index (κ2) is 6.02. The molecule has 112 valence electrons. The van der Waals surface area contributed by atoms with Gasteiger partial charge in [-0.1, -0.05) is 52.5 Å². The van der Waals surface area contributed by atoms with Crippen molar-refractivity contribution in [3.63, 3.8) is 0 Å². The summed E-state index contributed by atoms with van der Waals surface area (Å²) in [5, 5.41) is 0. The third-order valence-corrected chi connectivity index (χ3v) is 4.26. The lowest BCUT2D eigenvalue weighted by atomic mass is 9.95. The maximum Gasteiger partial charge on any atom is 0.127 e. The molecule has 1 aromatic heterocycles. The van der Waals surface area contributed by atoms with Crippen LogP contribution >= 0.6 is 0 Å². The highest BCUT2D eigenvalue weighted by Crippen LogP contribution is 2.36. The fraction of sp³-hybridized carbons (Fsp3) is 0.706. The molecule has 3 heteroatoms. The van der Waals surface area contributed by atoms with E-state index in [2.05, 4.69) is 31.9 Å². The molecule has 0 radical (unpaired) electrons. The molecule has 1 aliphatic rings. The number of allylic oxidation sites excluding steroid dienone is 1. The SMILES string of the molecule is C=CCn1c(C(C)(C)C)nc(C2CCCCCC2)c1N. The van der Waals surface area contributed by atoms with Gasteiger partial charge in [0.1, 0.15) is 11.6 Å². The van der Waals surface area contributed by atoms with E-state index in [-0.39, 0.29) is 5.41 Å². The highest BCUT2D eigenvalue weighted by atomic mass is 15.2. The Morgan fingerprint density at radius 2 is 1.85 bits per heavy atom. The van der Waals surface area contributed by atoms with Crippen LogP contribution in [0.25, 0.3) is 0 Å². The van der Waals surface area contributed by atoms with Gasteiger partial charge < -0.3 is 10.3 Å². The van der Waals surface area contributed by atoms with E-state index in [4.69, 9.17) is 10.7 Å². The van der Waals surface area contributed by atoms with E-state index >= 15 is 0 Å². The van der Waals surface area contributed by atoms with Crippen molar-refractivity contribution < 1.29 is 0 Å². The molecule has 0 unspecified atom stereocenters. The zero-order valence-corrected chi connectivity index (χ0v) is 13.3. The predicted octanol–water partition coefficient (Wildman–Crippen LogP) is 4.39. The zero-order chi connectivity index (χ0) is 14.8. The quantitative estimate of drug-likeness (QED) is 0.657. The van der Waals surface area contributed by atoms with Crippen LogP contribution in [0.3, 0.4) is 0 Å². The zero-order valence-electron chi connectivity index (χ0n) is 13.3. The lowest BCUT2D eigenvalue weighted by Crippen LogP contribution is -2.19. The largest absolute Gasteiger partial charge is 0.384 e. The maximum absolute atomic E-state index is 6.42. The summed E-state index contributed by atoms with van der Waals surface area (Å²) in [6.45, 7) is 11.2. The van der Waals surface area contributed by atoms with Gasteiger partial charge in [-0.15, -0.1) is 6.58 Å². The number of nitrogens with zero attached hydrogens (tertiary/aromatic N) is 2. The molecule has 0 saturated heterocycles. The van der Waals surface area contributed by atoms with Gasteiger partial charge >= 0.3 is 0 Å². The number of nitrogens with two attached hydrogens (primary N) is 1. The molecule has 0 amide bonds. The van der Waals surface area contributed by atoms with Gasteiger partial charge in [0.15, 0.2) is 0 Å². The fourth-order valence-corrected chi connectivity index (χ4v) is 3.22. The van der Waals surface area contributed by atoms with Crippen LogP contribution < -0.4 is 5.73 Å². The van der Waals surface area contributed by atoms with Crippen LogP contribution in [0.2, 0.25) is 0 Å². The number of hydrogen-bond donors (Lipinski definition) is 1. The van der Waals surface area contributed by atoms with E-state index in [0.29, 0.717) is 5.92 Å². The molecule has 1 saturated carbocycles. The number of aromatic nitrogens is 2. The van der Waals surface area contributed by atoms with Gasteiger partial charge in [0, 0.05) is 17.9 Å². The molecule has 2 N–H and O–H groups in total. The van der Waals surface area contributed by atoms with Gasteiger partial charge in [0.05, 0.1) is 5.69 Å². The van der Waals surface area contributed by atoms with E-state index < -0.39 is 0 Å². The molecular weight excluding hydrogens is 246 g/mol. The first kappa shape index (κ1) is 15.1. The Labute approximate surface area is 123 Å². The fourth-order valence-electron chi connectivity index (χ4n) is 3.22. The summed E-state index contributed by atoms with van der Waals surface area (Å²) in [5.74, 6) is 2.50. The first-order valence-electron chi connectivity index (χ1n) is 7.92. The van der Waals surface area contributed by atoms with Crippen LogP contribution in [0, 0.1) is 0 Å². The average molecular weight is 275 g/mol. The van der Waals surface area contributed by atoms with Gasteiger partial charge in [-0.2, -0.15) is 0 Å². The van der Waals surface area contributed by atoms with Crippen LogP contribution in [0.1, 0.15) is 76.7 Å². The van der Waals surface area contributed by atoms with Crippen molar-refractivity contribution >= 4 is 5.82 Å². The Morgan fingerprint density at radius 1 is 1.25 bits per heavy atom. The maximum atomic E-state index is 6.42. The van der Waals surface area contributed by atoms with Gasteiger partial charge in [0.2, 0.25) is 0 Å². The third-order valence-electron chi connectivity index (χ3n) is 4.26. The number of rotatable bonds is 3. The molecule has 0 aromatic carbocycles. The summed E-state index contributed by atoms with van der Waals surface area (Å²) in [5.41, 5.74) is 7.57. The van der Waals surface area contributed by atoms with E-state index in [0.717, 1.165) is 23.9 Å². The van der Waals surface area contributed by atoms with Crippen LogP contribution in [-0.2, 0) is 12.0 Å². The van der Waals surface area contributed by atoms with Crippen molar-refractivity contribution in [2.24, 2.45) is 0 Å². The Bertz CT molecular complexity index is 457. The number of anilines is 1. The molecule has 0 bridgehead atoms. The summed E-state index contributed by atoms with van der Waals surface area (Å²) >= 11 is 0. The van der Waals surface area contributed by atoms with Crippen molar-refractivity contribution in [2.45, 2.75) is 77.2 Å². The molecule has 1 aromatic rings.